The highest BCUT2D eigenvalue weighted by molar-refractivity contribution is 5.94. The molecule has 0 aliphatic carbocycles. The van der Waals surface area contributed by atoms with Gasteiger partial charge in [-0.15, -0.1) is 13.2 Å². The maximum absolute atomic E-state index is 12.8. The molecule has 30 heavy (non-hydrogen) atoms. The second-order valence-electron chi connectivity index (χ2n) is 6.84. The molecule has 0 fully saturated rings. The number of rotatable bonds is 3. The number of hydrogen-bond donors (Lipinski definition) is 0. The minimum Gasteiger partial charge on any atom is -0.491 e. The van der Waals surface area contributed by atoms with Crippen molar-refractivity contribution in [1.82, 2.24) is 4.90 Å². The molecule has 154 valence electrons. The van der Waals surface area contributed by atoms with Gasteiger partial charge in [-0.1, -0.05) is 36.4 Å². The molecule has 1 heterocycles. The smallest absolute Gasteiger partial charge is 0.491 e. The van der Waals surface area contributed by atoms with Gasteiger partial charge in [-0.2, -0.15) is 0 Å². The molecule has 3 aromatic rings. The molecule has 0 bridgehead atoms. The molecule has 0 aromatic heterocycles. The van der Waals surface area contributed by atoms with Crippen LogP contribution in [0, 0.1) is 0 Å². The molecule has 4 rings (SSSR count). The minimum absolute atomic E-state index is 0.0777. The summed E-state index contributed by atoms with van der Waals surface area (Å²) in [5.41, 5.74) is 2.99. The topological polar surface area (TPSA) is 38.8 Å². The van der Waals surface area contributed by atoms with Crippen LogP contribution in [0.25, 0.3) is 11.1 Å². The van der Waals surface area contributed by atoms with Gasteiger partial charge in [0.2, 0.25) is 0 Å². The van der Waals surface area contributed by atoms with Gasteiger partial charge < -0.3 is 14.4 Å². The Morgan fingerprint density at radius 2 is 1.63 bits per heavy atom. The van der Waals surface area contributed by atoms with E-state index >= 15 is 0 Å². The van der Waals surface area contributed by atoms with Gasteiger partial charge in [-0.05, 0) is 47.5 Å². The first-order chi connectivity index (χ1) is 14.4. The summed E-state index contributed by atoms with van der Waals surface area (Å²) in [6, 6.07) is 20.3. The van der Waals surface area contributed by atoms with Crippen LogP contribution in [0.2, 0.25) is 0 Å². The van der Waals surface area contributed by atoms with E-state index in [0.29, 0.717) is 31.0 Å². The molecular formula is C23H18F3NO3. The van der Waals surface area contributed by atoms with Crippen LogP contribution >= 0.6 is 0 Å². The third-order valence-electron chi connectivity index (χ3n) is 4.77. The molecule has 1 aliphatic rings. The van der Waals surface area contributed by atoms with Gasteiger partial charge in [0.1, 0.15) is 18.1 Å². The summed E-state index contributed by atoms with van der Waals surface area (Å²) in [7, 11) is 0. The molecule has 0 unspecified atom stereocenters. The lowest BCUT2D eigenvalue weighted by atomic mass is 10.0. The van der Waals surface area contributed by atoms with E-state index < -0.39 is 6.36 Å². The van der Waals surface area contributed by atoms with E-state index in [1.807, 2.05) is 36.4 Å². The zero-order valence-corrected chi connectivity index (χ0v) is 15.9. The minimum atomic E-state index is -4.72. The first-order valence-corrected chi connectivity index (χ1v) is 9.35. The first kappa shape index (κ1) is 19.8. The maximum Gasteiger partial charge on any atom is 0.573 e. The summed E-state index contributed by atoms with van der Waals surface area (Å²) in [6.07, 6.45) is -4.72. The zero-order chi connectivity index (χ0) is 21.1. The average molecular weight is 413 g/mol. The molecule has 1 aliphatic heterocycles. The van der Waals surface area contributed by atoms with Crippen LogP contribution in [0.15, 0.2) is 72.8 Å². The van der Waals surface area contributed by atoms with Crippen LogP contribution in [0.1, 0.15) is 15.9 Å². The van der Waals surface area contributed by atoms with Gasteiger partial charge in [0.05, 0.1) is 6.54 Å². The molecule has 7 heteroatoms. The monoisotopic (exact) mass is 413 g/mol. The van der Waals surface area contributed by atoms with Crippen LogP contribution in [0.4, 0.5) is 13.2 Å². The van der Waals surface area contributed by atoms with Crippen LogP contribution < -0.4 is 9.47 Å². The van der Waals surface area contributed by atoms with E-state index in [4.69, 9.17) is 4.74 Å². The maximum atomic E-state index is 12.8. The largest absolute Gasteiger partial charge is 0.573 e. The van der Waals surface area contributed by atoms with E-state index in [1.54, 1.807) is 29.2 Å². The fraction of sp³-hybridized carbons (Fsp3) is 0.174. The standard InChI is InChI=1S/C23H18F3NO3/c24-23(25,26)30-20-9-6-16(7-10-20)18-8-11-21-19(14-18)15-27(12-13-29-21)22(28)17-4-2-1-3-5-17/h1-11,14H,12-13,15H2. The summed E-state index contributed by atoms with van der Waals surface area (Å²) in [5.74, 6) is 0.342. The second-order valence-corrected chi connectivity index (χ2v) is 6.84. The van der Waals surface area contributed by atoms with E-state index in [0.717, 1.165) is 16.7 Å². The number of nitrogens with zero attached hydrogens (tertiary/aromatic N) is 1. The number of fused-ring (bicyclic) bond motifs is 1. The van der Waals surface area contributed by atoms with Crippen LogP contribution in [-0.2, 0) is 6.54 Å². The Morgan fingerprint density at radius 3 is 2.33 bits per heavy atom. The van der Waals surface area contributed by atoms with Crippen LogP contribution in [-0.4, -0.2) is 30.3 Å². The van der Waals surface area contributed by atoms with Gasteiger partial charge in [0.15, 0.2) is 0 Å². The van der Waals surface area contributed by atoms with Gasteiger partial charge >= 0.3 is 6.36 Å². The van der Waals surface area contributed by atoms with Gasteiger partial charge in [0.25, 0.3) is 5.91 Å². The van der Waals surface area contributed by atoms with E-state index in [-0.39, 0.29) is 11.7 Å². The summed E-state index contributed by atoms with van der Waals surface area (Å²) < 4.78 is 46.8. The Morgan fingerprint density at radius 1 is 0.933 bits per heavy atom. The number of alkyl halides is 3. The normalized spacial score (nSPS) is 13.8. The Balaban J connectivity index is 1.57. The van der Waals surface area contributed by atoms with Gasteiger partial charge in [-0.3, -0.25) is 4.79 Å². The van der Waals surface area contributed by atoms with Crippen molar-refractivity contribution >= 4 is 5.91 Å². The zero-order valence-electron chi connectivity index (χ0n) is 15.9. The van der Waals surface area contributed by atoms with Crippen molar-refractivity contribution in [3.8, 4) is 22.6 Å². The molecule has 4 nitrogen and oxygen atoms in total. The Bertz CT molecular complexity index is 1030. The van der Waals surface area contributed by atoms with E-state index in [2.05, 4.69) is 4.74 Å². The molecule has 0 saturated heterocycles. The summed E-state index contributed by atoms with van der Waals surface area (Å²) >= 11 is 0. The quantitative estimate of drug-likeness (QED) is 0.586. The molecule has 0 atom stereocenters. The molecule has 0 radical (unpaired) electrons. The van der Waals surface area contributed by atoms with Crippen LogP contribution in [0.3, 0.4) is 0 Å². The SMILES string of the molecule is O=C(c1ccccc1)N1CCOc2ccc(-c3ccc(OC(F)(F)F)cc3)cc2C1. The van der Waals surface area contributed by atoms with Gasteiger partial charge in [0, 0.05) is 17.7 Å². The Hall–Kier alpha value is -3.48. The van der Waals surface area contributed by atoms with Crippen molar-refractivity contribution in [2.75, 3.05) is 13.2 Å². The highest BCUT2D eigenvalue weighted by Gasteiger charge is 2.31. The van der Waals surface area contributed by atoms with Crippen LogP contribution in [0.5, 0.6) is 11.5 Å². The fourth-order valence-electron chi connectivity index (χ4n) is 3.36. The lowest BCUT2D eigenvalue weighted by Crippen LogP contribution is -2.32. The Kier molecular flexibility index (Phi) is 5.35. The number of halogens is 3. The van der Waals surface area contributed by atoms with Gasteiger partial charge in [-0.25, -0.2) is 0 Å². The molecular weight excluding hydrogens is 395 g/mol. The second kappa shape index (κ2) is 8.10. The number of ether oxygens (including phenoxy) is 2. The molecule has 3 aromatic carbocycles. The first-order valence-electron chi connectivity index (χ1n) is 9.35. The predicted molar refractivity (Wildman–Crippen MR) is 105 cm³/mol. The van der Waals surface area contributed by atoms with Crippen molar-refractivity contribution in [1.29, 1.82) is 0 Å². The summed E-state index contributed by atoms with van der Waals surface area (Å²) in [5, 5.41) is 0. The Labute approximate surface area is 171 Å². The third-order valence-corrected chi connectivity index (χ3v) is 4.77. The van der Waals surface area contributed by atoms with Crippen molar-refractivity contribution in [2.24, 2.45) is 0 Å². The van der Waals surface area contributed by atoms with Crippen molar-refractivity contribution in [2.45, 2.75) is 12.9 Å². The highest BCUT2D eigenvalue weighted by Crippen LogP contribution is 2.31. The van der Waals surface area contributed by atoms with E-state index in [9.17, 15) is 18.0 Å². The lowest BCUT2D eigenvalue weighted by molar-refractivity contribution is -0.274. The van der Waals surface area contributed by atoms with E-state index in [1.165, 1.54) is 12.1 Å². The number of benzene rings is 3. The number of carbonyl (C=O) groups excluding carboxylic acids is 1. The number of hydrogen-bond acceptors (Lipinski definition) is 3. The highest BCUT2D eigenvalue weighted by atomic mass is 19.4. The van der Waals surface area contributed by atoms with Crippen molar-refractivity contribution < 1.29 is 27.4 Å². The third kappa shape index (κ3) is 4.56. The molecule has 0 spiro atoms. The molecule has 0 saturated carbocycles. The summed E-state index contributed by atoms with van der Waals surface area (Å²) in [4.78, 5) is 14.6. The lowest BCUT2D eigenvalue weighted by Gasteiger charge is -2.20. The number of amides is 1. The van der Waals surface area contributed by atoms with Crippen molar-refractivity contribution in [3.63, 3.8) is 0 Å². The van der Waals surface area contributed by atoms with Crippen molar-refractivity contribution in [3.05, 3.63) is 83.9 Å². The fourth-order valence-corrected chi connectivity index (χ4v) is 3.36. The number of carbonyl (C=O) groups is 1. The molecule has 1 amide bonds. The average Bonchev–Trinajstić information content (AvgIpc) is 2.95. The predicted octanol–water partition coefficient (Wildman–Crippen LogP) is 5.29. The summed E-state index contributed by atoms with van der Waals surface area (Å²) in [6.45, 7) is 1.22. The molecule has 0 N–H and O–H groups in total.